The molecule has 3 aromatic heterocycles. The summed E-state index contributed by atoms with van der Waals surface area (Å²) in [6, 6.07) is 16.4. The van der Waals surface area contributed by atoms with Crippen molar-refractivity contribution in [3.05, 3.63) is 90.9 Å². The third-order valence-corrected chi connectivity index (χ3v) is 6.63. The van der Waals surface area contributed by atoms with Crippen LogP contribution in [0.15, 0.2) is 79.8 Å². The number of aromatic nitrogens is 4. The zero-order valence-electron chi connectivity index (χ0n) is 20.9. The molecule has 7 nitrogen and oxygen atoms in total. The van der Waals surface area contributed by atoms with E-state index in [0.717, 1.165) is 70.5 Å². The van der Waals surface area contributed by atoms with Crippen molar-refractivity contribution in [1.29, 1.82) is 5.26 Å². The molecule has 2 N–H and O–H groups in total. The second-order valence-electron chi connectivity index (χ2n) is 9.11. The van der Waals surface area contributed by atoms with E-state index < -0.39 is 0 Å². The predicted octanol–water partition coefficient (Wildman–Crippen LogP) is 6.99. The Labute approximate surface area is 216 Å². The van der Waals surface area contributed by atoms with Gasteiger partial charge in [-0.3, -0.25) is 4.98 Å². The molecule has 5 rings (SSSR count). The summed E-state index contributed by atoms with van der Waals surface area (Å²) in [5, 5.41) is 14.4. The highest BCUT2D eigenvalue weighted by molar-refractivity contribution is 5.91. The number of hydrogen-bond acceptors (Lipinski definition) is 5. The first-order chi connectivity index (χ1) is 18.2. The summed E-state index contributed by atoms with van der Waals surface area (Å²) in [7, 11) is 0. The molecule has 0 amide bonds. The molecule has 2 aromatic carbocycles. The van der Waals surface area contributed by atoms with Gasteiger partial charge in [0.15, 0.2) is 0 Å². The van der Waals surface area contributed by atoms with Gasteiger partial charge in [-0.25, -0.2) is 4.98 Å². The minimum Gasteiger partial charge on any atom is -0.494 e. The lowest BCUT2D eigenvalue weighted by Gasteiger charge is -2.16. The number of hydrogen-bond donors (Lipinski definition) is 2. The molecule has 3 heterocycles. The Bertz CT molecular complexity index is 1500. The van der Waals surface area contributed by atoms with Crippen LogP contribution in [-0.2, 0) is 6.54 Å². The summed E-state index contributed by atoms with van der Waals surface area (Å²) in [5.74, 6) is 0.842. The molecule has 0 fully saturated rings. The van der Waals surface area contributed by atoms with Crippen LogP contribution in [0.3, 0.4) is 0 Å². The Hall–Kier alpha value is -4.57. The molecular weight excluding hydrogens is 460 g/mol. The number of fused-ring (bicyclic) bond motifs is 1. The first-order valence-electron chi connectivity index (χ1n) is 12.6. The van der Waals surface area contributed by atoms with Crippen LogP contribution in [0.5, 0.6) is 5.75 Å². The van der Waals surface area contributed by atoms with Crippen molar-refractivity contribution in [2.24, 2.45) is 0 Å². The van der Waals surface area contributed by atoms with Gasteiger partial charge in [-0.1, -0.05) is 25.0 Å². The van der Waals surface area contributed by atoms with E-state index in [4.69, 9.17) is 4.74 Å². The van der Waals surface area contributed by atoms with Crippen LogP contribution < -0.4 is 10.1 Å². The number of nitrogens with one attached hydrogen (secondary N) is 2. The number of aryl methyl sites for hydroxylation is 2. The number of H-pyrrole nitrogens is 1. The fraction of sp³-hybridized carbons (Fsp3) is 0.233. The van der Waals surface area contributed by atoms with E-state index in [-0.39, 0.29) is 0 Å². The summed E-state index contributed by atoms with van der Waals surface area (Å²) in [6.07, 6.45) is 15.5. The lowest BCUT2D eigenvalue weighted by Crippen LogP contribution is -2.00. The third kappa shape index (κ3) is 5.65. The summed E-state index contributed by atoms with van der Waals surface area (Å²) in [5.41, 5.74) is 6.26. The molecule has 0 radical (unpaired) electrons. The van der Waals surface area contributed by atoms with Gasteiger partial charge in [0, 0.05) is 59.7 Å². The molecule has 0 unspecified atom stereocenters. The minimum absolute atomic E-state index is 0.499. The van der Waals surface area contributed by atoms with E-state index in [0.29, 0.717) is 12.2 Å². The smallest absolute Gasteiger partial charge is 0.119 e. The molecule has 0 atom stereocenters. The molecule has 37 heavy (non-hydrogen) atoms. The predicted molar refractivity (Wildman–Crippen MR) is 147 cm³/mol. The zero-order chi connectivity index (χ0) is 25.5. The molecular formula is C30H30N6O. The van der Waals surface area contributed by atoms with Crippen LogP contribution in [0.25, 0.3) is 22.0 Å². The van der Waals surface area contributed by atoms with Crippen molar-refractivity contribution < 1.29 is 4.74 Å². The summed E-state index contributed by atoms with van der Waals surface area (Å²) in [4.78, 5) is 11.6. The van der Waals surface area contributed by atoms with Crippen LogP contribution in [0.1, 0.15) is 36.8 Å². The first-order valence-corrected chi connectivity index (χ1v) is 12.6. The average Bonchev–Trinajstić information content (AvgIpc) is 3.63. The Morgan fingerprint density at radius 3 is 2.68 bits per heavy atom. The van der Waals surface area contributed by atoms with E-state index in [1.54, 1.807) is 12.4 Å². The highest BCUT2D eigenvalue weighted by Gasteiger charge is 2.14. The maximum Gasteiger partial charge on any atom is 0.119 e. The zero-order valence-corrected chi connectivity index (χ0v) is 20.9. The topological polar surface area (TPSA) is 91.5 Å². The Morgan fingerprint density at radius 2 is 1.86 bits per heavy atom. The number of benzene rings is 2. The number of pyridine rings is 1. The van der Waals surface area contributed by atoms with Crippen molar-refractivity contribution in [3.8, 4) is 22.9 Å². The van der Waals surface area contributed by atoms with Crippen LogP contribution in [-0.4, -0.2) is 26.1 Å². The van der Waals surface area contributed by atoms with Gasteiger partial charge in [0.1, 0.15) is 11.8 Å². The van der Waals surface area contributed by atoms with Crippen LogP contribution in [0.4, 0.5) is 11.4 Å². The van der Waals surface area contributed by atoms with Gasteiger partial charge in [0.05, 0.1) is 24.2 Å². The summed E-state index contributed by atoms with van der Waals surface area (Å²) in [6.45, 7) is 3.79. The molecule has 5 aromatic rings. The lowest BCUT2D eigenvalue weighted by atomic mass is 10.0. The van der Waals surface area contributed by atoms with E-state index in [1.165, 1.54) is 6.42 Å². The van der Waals surface area contributed by atoms with E-state index in [1.807, 2.05) is 61.3 Å². The maximum absolute atomic E-state index is 9.78. The van der Waals surface area contributed by atoms with Gasteiger partial charge in [-0.2, -0.15) is 5.26 Å². The molecule has 186 valence electrons. The van der Waals surface area contributed by atoms with Crippen molar-refractivity contribution in [1.82, 2.24) is 19.5 Å². The van der Waals surface area contributed by atoms with Gasteiger partial charge in [-0.05, 0) is 61.2 Å². The standard InChI is InChI=1S/C30H30N6O/c1-22-26-12-13-34-29(26)11-10-28(22)35-30-24(18-31)19-33-20-27(30)23-6-8-25(9-7-23)37-17-5-3-2-4-15-36-16-14-32-21-36/h6-14,16,19-21,34H,2-5,15,17H2,1H3,(H,33,35). The molecule has 0 aliphatic rings. The first kappa shape index (κ1) is 24.1. The molecule has 0 aliphatic heterocycles. The Balaban J connectivity index is 1.22. The summed E-state index contributed by atoms with van der Waals surface area (Å²) >= 11 is 0. The van der Waals surface area contributed by atoms with Crippen molar-refractivity contribution in [2.75, 3.05) is 11.9 Å². The number of unbranched alkanes of at least 4 members (excludes halogenated alkanes) is 3. The SMILES string of the molecule is Cc1c(Nc2c(C#N)cncc2-c2ccc(OCCCCCCn3ccnc3)cc2)ccc2[nH]ccc12. The third-order valence-electron chi connectivity index (χ3n) is 6.63. The number of nitriles is 1. The monoisotopic (exact) mass is 490 g/mol. The van der Waals surface area contributed by atoms with Gasteiger partial charge in [-0.15, -0.1) is 0 Å². The van der Waals surface area contributed by atoms with Crippen LogP contribution >= 0.6 is 0 Å². The van der Waals surface area contributed by atoms with Gasteiger partial charge < -0.3 is 19.6 Å². The van der Waals surface area contributed by atoms with E-state index in [9.17, 15) is 5.26 Å². The summed E-state index contributed by atoms with van der Waals surface area (Å²) < 4.78 is 8.08. The highest BCUT2D eigenvalue weighted by atomic mass is 16.5. The number of imidazole rings is 1. The molecule has 0 saturated carbocycles. The molecule has 0 aliphatic carbocycles. The van der Waals surface area contributed by atoms with Crippen LogP contribution in [0, 0.1) is 18.3 Å². The second-order valence-corrected chi connectivity index (χ2v) is 9.11. The number of anilines is 2. The van der Waals surface area contributed by atoms with Crippen molar-refractivity contribution in [3.63, 3.8) is 0 Å². The second kappa shape index (κ2) is 11.4. The Morgan fingerprint density at radius 1 is 1.00 bits per heavy atom. The van der Waals surface area contributed by atoms with E-state index >= 15 is 0 Å². The van der Waals surface area contributed by atoms with Crippen LogP contribution in [0.2, 0.25) is 0 Å². The number of nitrogens with zero attached hydrogens (tertiary/aromatic N) is 4. The number of aromatic amines is 1. The molecule has 7 heteroatoms. The molecule has 0 spiro atoms. The molecule has 0 saturated heterocycles. The van der Waals surface area contributed by atoms with Gasteiger partial charge in [0.2, 0.25) is 0 Å². The average molecular weight is 491 g/mol. The molecule has 0 bridgehead atoms. The highest BCUT2D eigenvalue weighted by Crippen LogP contribution is 2.35. The van der Waals surface area contributed by atoms with Gasteiger partial charge >= 0.3 is 0 Å². The fourth-order valence-corrected chi connectivity index (χ4v) is 4.54. The van der Waals surface area contributed by atoms with E-state index in [2.05, 4.69) is 43.9 Å². The fourth-order valence-electron chi connectivity index (χ4n) is 4.54. The number of rotatable bonds is 11. The number of ether oxygens (including phenoxy) is 1. The maximum atomic E-state index is 9.78. The minimum atomic E-state index is 0.499. The normalized spacial score (nSPS) is 10.9. The van der Waals surface area contributed by atoms with Crippen molar-refractivity contribution >= 4 is 22.3 Å². The lowest BCUT2D eigenvalue weighted by molar-refractivity contribution is 0.304. The van der Waals surface area contributed by atoms with Crippen molar-refractivity contribution in [2.45, 2.75) is 39.2 Å². The quantitative estimate of drug-likeness (QED) is 0.195. The largest absolute Gasteiger partial charge is 0.494 e. The Kier molecular flexibility index (Phi) is 7.47. The van der Waals surface area contributed by atoms with Gasteiger partial charge in [0.25, 0.3) is 0 Å².